The van der Waals surface area contributed by atoms with Crippen LogP contribution in [0.5, 0.6) is 0 Å². The minimum absolute atomic E-state index is 0.0495. The van der Waals surface area contributed by atoms with Crippen LogP contribution in [0.3, 0.4) is 0 Å². The molecule has 0 atom stereocenters. The average Bonchev–Trinajstić information content (AvgIpc) is 3.86. The maximum absolute atomic E-state index is 13.6. The summed E-state index contributed by atoms with van der Waals surface area (Å²) in [5.41, 5.74) is -1.58. The van der Waals surface area contributed by atoms with Gasteiger partial charge in [-0.1, -0.05) is 5.10 Å². The van der Waals surface area contributed by atoms with E-state index >= 15 is 0 Å². The number of nitrogens with one attached hydrogen (secondary N) is 1. The van der Waals surface area contributed by atoms with Gasteiger partial charge in [-0.05, 0) is 79.5 Å². The quantitative estimate of drug-likeness (QED) is 0.232. The Balaban J connectivity index is 1.40. The van der Waals surface area contributed by atoms with E-state index in [4.69, 9.17) is 4.98 Å². The molecule has 42 heavy (non-hydrogen) atoms. The molecular weight excluding hydrogens is 564 g/mol. The van der Waals surface area contributed by atoms with E-state index in [0.29, 0.717) is 35.4 Å². The Morgan fingerprint density at radius 2 is 1.60 bits per heavy atom. The van der Waals surface area contributed by atoms with Gasteiger partial charge in [0.15, 0.2) is 5.65 Å². The maximum Gasteiger partial charge on any atom is 0.416 e. The molecule has 9 nitrogen and oxygen atoms in total. The Hall–Kier alpha value is -3.91. The zero-order valence-electron chi connectivity index (χ0n) is 22.9. The molecule has 4 aromatic rings. The first-order valence-corrected chi connectivity index (χ1v) is 13.8. The molecule has 0 radical (unpaired) electrons. The van der Waals surface area contributed by atoms with Gasteiger partial charge < -0.3 is 10.2 Å². The Bertz CT molecular complexity index is 1540. The fraction of sp³-hybridized carbons (Fsp3) is 0.519. The van der Waals surface area contributed by atoms with Crippen LogP contribution in [-0.2, 0) is 39.0 Å². The van der Waals surface area contributed by atoms with Crippen molar-refractivity contribution < 1.29 is 26.3 Å². The minimum Gasteiger partial charge on any atom is -0.366 e. The lowest BCUT2D eigenvalue weighted by Crippen LogP contribution is -2.28. The van der Waals surface area contributed by atoms with E-state index in [1.165, 1.54) is 16.7 Å². The molecule has 224 valence electrons. The van der Waals surface area contributed by atoms with Crippen molar-refractivity contribution in [2.45, 2.75) is 70.6 Å². The van der Waals surface area contributed by atoms with Crippen molar-refractivity contribution in [1.82, 2.24) is 35.0 Å². The third-order valence-corrected chi connectivity index (χ3v) is 7.72. The molecule has 0 saturated heterocycles. The Labute approximate surface area is 236 Å². The topological polar surface area (TPSA) is 89.6 Å². The summed E-state index contributed by atoms with van der Waals surface area (Å²) in [5.74, 6) is 1.75. The van der Waals surface area contributed by atoms with Gasteiger partial charge in [0.05, 0.1) is 24.4 Å². The number of anilines is 2. The second-order valence-electron chi connectivity index (χ2n) is 11.1. The molecule has 0 spiro atoms. The van der Waals surface area contributed by atoms with Crippen LogP contribution >= 0.6 is 0 Å². The first kappa shape index (κ1) is 28.2. The highest BCUT2D eigenvalue weighted by molar-refractivity contribution is 5.78. The Morgan fingerprint density at radius 3 is 2.12 bits per heavy atom. The number of tetrazole rings is 1. The SMILES string of the molecule is CCn1ncc2cc(CN(Cc3cc(C(F)(F)F)cc(C(F)(F)F)c3)c3nnn(C)n3)c(NC(C3CC3)C3CC3)nc21. The summed E-state index contributed by atoms with van der Waals surface area (Å²) >= 11 is 0. The average molecular weight is 594 g/mol. The van der Waals surface area contributed by atoms with Crippen LogP contribution in [0.2, 0.25) is 0 Å². The van der Waals surface area contributed by atoms with Crippen LogP contribution in [0.15, 0.2) is 30.5 Å². The molecule has 1 N–H and O–H groups in total. The van der Waals surface area contributed by atoms with Crippen LogP contribution in [0.4, 0.5) is 38.1 Å². The molecule has 2 aliphatic carbocycles. The summed E-state index contributed by atoms with van der Waals surface area (Å²) in [6.45, 7) is 2.28. The summed E-state index contributed by atoms with van der Waals surface area (Å²) < 4.78 is 83.4. The van der Waals surface area contributed by atoms with Crippen LogP contribution in [0, 0.1) is 11.8 Å². The van der Waals surface area contributed by atoms with Crippen LogP contribution < -0.4 is 10.2 Å². The van der Waals surface area contributed by atoms with Crippen molar-refractivity contribution >= 4 is 22.8 Å². The zero-order valence-corrected chi connectivity index (χ0v) is 22.9. The lowest BCUT2D eigenvalue weighted by Gasteiger charge is -2.25. The van der Waals surface area contributed by atoms with Crippen LogP contribution in [0.1, 0.15) is 54.9 Å². The van der Waals surface area contributed by atoms with E-state index in [0.717, 1.165) is 43.2 Å². The van der Waals surface area contributed by atoms with E-state index in [-0.39, 0.29) is 36.7 Å². The van der Waals surface area contributed by atoms with Gasteiger partial charge >= 0.3 is 12.4 Å². The largest absolute Gasteiger partial charge is 0.416 e. The highest BCUT2D eigenvalue weighted by Gasteiger charge is 2.42. The number of hydrogen-bond donors (Lipinski definition) is 1. The van der Waals surface area contributed by atoms with Crippen molar-refractivity contribution in [3.8, 4) is 0 Å². The zero-order chi connectivity index (χ0) is 29.8. The number of rotatable bonds is 10. The molecule has 1 aromatic carbocycles. The van der Waals surface area contributed by atoms with Crippen molar-refractivity contribution in [2.75, 3.05) is 10.2 Å². The van der Waals surface area contributed by atoms with Crippen molar-refractivity contribution in [1.29, 1.82) is 0 Å². The molecule has 2 saturated carbocycles. The smallest absolute Gasteiger partial charge is 0.366 e. The second-order valence-corrected chi connectivity index (χ2v) is 11.1. The number of aromatic nitrogens is 7. The normalized spacial score (nSPS) is 16.0. The number of benzene rings is 1. The predicted octanol–water partition coefficient (Wildman–Crippen LogP) is 5.82. The monoisotopic (exact) mass is 593 g/mol. The van der Waals surface area contributed by atoms with Gasteiger partial charge in [0.2, 0.25) is 0 Å². The molecule has 0 bridgehead atoms. The van der Waals surface area contributed by atoms with Gasteiger partial charge in [0, 0.05) is 36.6 Å². The van der Waals surface area contributed by atoms with Gasteiger partial charge in [-0.25, -0.2) is 9.67 Å². The number of alkyl halides is 6. The van der Waals surface area contributed by atoms with Crippen LogP contribution in [0.25, 0.3) is 11.0 Å². The molecule has 0 aliphatic heterocycles. The fourth-order valence-corrected chi connectivity index (χ4v) is 5.35. The number of aryl methyl sites for hydroxylation is 2. The van der Waals surface area contributed by atoms with Gasteiger partial charge in [-0.2, -0.15) is 36.2 Å². The summed E-state index contributed by atoms with van der Waals surface area (Å²) in [5, 5.41) is 20.9. The van der Waals surface area contributed by atoms with Crippen molar-refractivity contribution in [3.05, 3.63) is 52.7 Å². The summed E-state index contributed by atoms with van der Waals surface area (Å²) in [6, 6.07) is 3.71. The van der Waals surface area contributed by atoms with Gasteiger partial charge in [-0.3, -0.25) is 0 Å². The standard InChI is InChI=1S/C27H29F6N9/c1-3-42-24-18(12-34-42)10-19(23(36-24)35-22(16-4-5-16)17-6-7-17)14-41(25-37-39-40(2)38-25)13-15-8-20(26(28,29)30)11-21(9-15)27(31,32)33/h8-12,16-17,22H,3-7,13-14H2,1-2H3,(H,35,36). The Kier molecular flexibility index (Phi) is 7.00. The Morgan fingerprint density at radius 1 is 0.952 bits per heavy atom. The number of halogens is 6. The summed E-state index contributed by atoms with van der Waals surface area (Å²) in [7, 11) is 1.52. The highest BCUT2D eigenvalue weighted by atomic mass is 19.4. The summed E-state index contributed by atoms with van der Waals surface area (Å²) in [4.78, 5) is 7.60. The fourth-order valence-electron chi connectivity index (χ4n) is 5.35. The molecule has 15 heteroatoms. The van der Waals surface area contributed by atoms with Crippen molar-refractivity contribution in [2.24, 2.45) is 18.9 Å². The second kappa shape index (κ2) is 10.4. The van der Waals surface area contributed by atoms with Gasteiger partial charge in [0.25, 0.3) is 5.95 Å². The molecule has 6 rings (SSSR count). The number of hydrogen-bond acceptors (Lipinski definition) is 7. The third-order valence-electron chi connectivity index (χ3n) is 7.72. The number of fused-ring (bicyclic) bond motifs is 1. The number of nitrogens with zero attached hydrogens (tertiary/aromatic N) is 8. The van der Waals surface area contributed by atoms with Crippen LogP contribution in [-0.4, -0.2) is 41.0 Å². The lowest BCUT2D eigenvalue weighted by atomic mass is 10.0. The maximum atomic E-state index is 13.6. The van der Waals surface area contributed by atoms with E-state index < -0.39 is 23.5 Å². The van der Waals surface area contributed by atoms with E-state index in [2.05, 4.69) is 25.8 Å². The highest BCUT2D eigenvalue weighted by Crippen LogP contribution is 2.46. The van der Waals surface area contributed by atoms with E-state index in [9.17, 15) is 26.3 Å². The van der Waals surface area contributed by atoms with Crippen molar-refractivity contribution in [3.63, 3.8) is 0 Å². The van der Waals surface area contributed by atoms with E-state index in [1.54, 1.807) is 10.9 Å². The number of pyridine rings is 1. The van der Waals surface area contributed by atoms with E-state index in [1.807, 2.05) is 13.0 Å². The lowest BCUT2D eigenvalue weighted by molar-refractivity contribution is -0.143. The summed E-state index contributed by atoms with van der Waals surface area (Å²) in [6.07, 6.45) is -3.71. The predicted molar refractivity (Wildman–Crippen MR) is 141 cm³/mol. The molecule has 2 aliphatic rings. The van der Waals surface area contributed by atoms with Gasteiger partial charge in [-0.15, -0.1) is 5.10 Å². The third kappa shape index (κ3) is 6.00. The molecular formula is C27H29F6N9. The molecule has 2 fully saturated rings. The minimum atomic E-state index is -4.96. The van der Waals surface area contributed by atoms with Gasteiger partial charge in [0.1, 0.15) is 5.82 Å². The first-order chi connectivity index (χ1) is 19.9. The molecule has 0 unspecified atom stereocenters. The first-order valence-electron chi connectivity index (χ1n) is 13.8. The molecule has 3 aromatic heterocycles. The molecule has 3 heterocycles. The molecule has 0 amide bonds.